The first-order valence-corrected chi connectivity index (χ1v) is 11.6. The second-order valence-corrected chi connectivity index (χ2v) is 8.45. The van der Waals surface area contributed by atoms with E-state index in [9.17, 15) is 14.4 Å². The summed E-state index contributed by atoms with van der Waals surface area (Å²) in [6.07, 6.45) is 6.56. The molecule has 0 radical (unpaired) electrons. The molecule has 1 aliphatic rings. The van der Waals surface area contributed by atoms with E-state index >= 15 is 0 Å². The van der Waals surface area contributed by atoms with Gasteiger partial charge in [-0.15, -0.1) is 0 Å². The van der Waals surface area contributed by atoms with Crippen molar-refractivity contribution in [2.45, 2.75) is 58.0 Å². The van der Waals surface area contributed by atoms with E-state index in [1.54, 1.807) is 24.3 Å². The van der Waals surface area contributed by atoms with Crippen molar-refractivity contribution >= 4 is 17.7 Å². The van der Waals surface area contributed by atoms with Gasteiger partial charge in [-0.3, -0.25) is 14.4 Å². The van der Waals surface area contributed by atoms with Crippen molar-refractivity contribution in [2.75, 3.05) is 6.61 Å². The van der Waals surface area contributed by atoms with Crippen LogP contribution in [0.15, 0.2) is 60.7 Å². The molecule has 2 atom stereocenters. The summed E-state index contributed by atoms with van der Waals surface area (Å²) in [4.78, 5) is 37.4. The average molecular weight is 437 g/mol. The van der Waals surface area contributed by atoms with Gasteiger partial charge in [0.2, 0.25) is 0 Å². The fraction of sp³-hybridized carbons (Fsp3) is 0.444. The summed E-state index contributed by atoms with van der Waals surface area (Å²) in [5.41, 5.74) is 1.52. The van der Waals surface area contributed by atoms with E-state index in [1.807, 2.05) is 36.4 Å². The van der Waals surface area contributed by atoms with Gasteiger partial charge in [0.25, 0.3) is 0 Å². The Bertz CT molecular complexity index is 862. The van der Waals surface area contributed by atoms with Crippen molar-refractivity contribution in [1.82, 2.24) is 0 Å². The summed E-state index contributed by atoms with van der Waals surface area (Å²) in [7, 11) is 0. The van der Waals surface area contributed by atoms with E-state index in [-0.39, 0.29) is 36.2 Å². The van der Waals surface area contributed by atoms with E-state index < -0.39 is 0 Å². The van der Waals surface area contributed by atoms with Crippen LogP contribution in [-0.4, -0.2) is 24.3 Å². The van der Waals surface area contributed by atoms with Crippen LogP contribution in [0.3, 0.4) is 0 Å². The lowest BCUT2D eigenvalue weighted by atomic mass is 9.88. The number of hydrogen-bond acceptors (Lipinski definition) is 5. The molecule has 1 fully saturated rings. The Labute approximate surface area is 190 Å². The lowest BCUT2D eigenvalue weighted by Gasteiger charge is -2.21. The molecule has 1 saturated carbocycles. The van der Waals surface area contributed by atoms with E-state index in [1.165, 1.54) is 0 Å². The van der Waals surface area contributed by atoms with Crippen LogP contribution < -0.4 is 0 Å². The molecule has 0 aliphatic heterocycles. The van der Waals surface area contributed by atoms with Crippen molar-refractivity contribution in [3.8, 4) is 0 Å². The molecule has 0 N–H and O–H groups in total. The van der Waals surface area contributed by atoms with Crippen LogP contribution in [0.25, 0.3) is 0 Å². The normalized spacial score (nSPS) is 19.5. The molecule has 0 saturated heterocycles. The molecule has 32 heavy (non-hydrogen) atoms. The lowest BCUT2D eigenvalue weighted by molar-refractivity contribution is -0.150. The minimum Gasteiger partial charge on any atom is -0.461 e. The summed E-state index contributed by atoms with van der Waals surface area (Å²) < 4.78 is 10.9. The molecule has 2 unspecified atom stereocenters. The third-order valence-electron chi connectivity index (χ3n) is 6.04. The smallest absolute Gasteiger partial charge is 0.309 e. The molecule has 5 heteroatoms. The number of ketones is 1. The Hall–Kier alpha value is -2.95. The van der Waals surface area contributed by atoms with Gasteiger partial charge in [-0.2, -0.15) is 0 Å². The Balaban J connectivity index is 1.46. The van der Waals surface area contributed by atoms with Gasteiger partial charge in [0.15, 0.2) is 12.4 Å². The van der Waals surface area contributed by atoms with Gasteiger partial charge in [0.05, 0.1) is 11.8 Å². The first-order valence-electron chi connectivity index (χ1n) is 11.6. The van der Waals surface area contributed by atoms with Crippen LogP contribution in [0.1, 0.15) is 67.3 Å². The van der Waals surface area contributed by atoms with Crippen LogP contribution in [-0.2, 0) is 25.7 Å². The van der Waals surface area contributed by atoms with E-state index in [2.05, 4.69) is 0 Å². The van der Waals surface area contributed by atoms with Crippen LogP contribution in [0.5, 0.6) is 0 Å². The monoisotopic (exact) mass is 436 g/mol. The third kappa shape index (κ3) is 7.63. The topological polar surface area (TPSA) is 69.7 Å². The van der Waals surface area contributed by atoms with Gasteiger partial charge in [-0.05, 0) is 31.2 Å². The highest BCUT2D eigenvalue weighted by Gasteiger charge is 2.25. The summed E-state index contributed by atoms with van der Waals surface area (Å²) >= 11 is 0. The van der Waals surface area contributed by atoms with Gasteiger partial charge in [0, 0.05) is 5.56 Å². The molecule has 0 amide bonds. The van der Waals surface area contributed by atoms with Gasteiger partial charge < -0.3 is 9.47 Å². The van der Waals surface area contributed by atoms with Crippen molar-refractivity contribution < 1.29 is 23.9 Å². The van der Waals surface area contributed by atoms with Crippen molar-refractivity contribution in [3.05, 3.63) is 71.8 Å². The van der Waals surface area contributed by atoms with Crippen molar-refractivity contribution in [1.29, 1.82) is 0 Å². The highest BCUT2D eigenvalue weighted by Crippen LogP contribution is 2.26. The molecule has 2 aromatic rings. The highest BCUT2D eigenvalue weighted by atomic mass is 16.5. The number of carbonyl (C=O) groups is 3. The molecule has 0 aromatic heterocycles. The Morgan fingerprint density at radius 2 is 1.19 bits per heavy atom. The maximum Gasteiger partial charge on any atom is 0.309 e. The summed E-state index contributed by atoms with van der Waals surface area (Å²) in [6.45, 7) is 0.0638. The van der Waals surface area contributed by atoms with Crippen LogP contribution in [0.2, 0.25) is 0 Å². The number of benzene rings is 2. The Morgan fingerprint density at radius 3 is 1.81 bits per heavy atom. The molecular weight excluding hydrogens is 404 g/mol. The van der Waals surface area contributed by atoms with Crippen molar-refractivity contribution in [2.24, 2.45) is 11.8 Å². The minimum atomic E-state index is -0.307. The molecule has 1 aliphatic carbocycles. The third-order valence-corrected chi connectivity index (χ3v) is 6.04. The lowest BCUT2D eigenvalue weighted by Crippen LogP contribution is -2.23. The maximum atomic E-state index is 12.6. The molecule has 5 nitrogen and oxygen atoms in total. The van der Waals surface area contributed by atoms with Crippen LogP contribution >= 0.6 is 0 Å². The first-order chi connectivity index (χ1) is 15.6. The van der Waals surface area contributed by atoms with Gasteiger partial charge in [-0.25, -0.2) is 0 Å². The molecule has 0 spiro atoms. The first kappa shape index (κ1) is 23.7. The molecule has 0 bridgehead atoms. The summed E-state index contributed by atoms with van der Waals surface area (Å²) in [6, 6.07) is 18.5. The molecule has 2 aromatic carbocycles. The fourth-order valence-corrected chi connectivity index (χ4v) is 4.14. The highest BCUT2D eigenvalue weighted by molar-refractivity contribution is 5.97. The number of ether oxygens (including phenoxy) is 2. The predicted octanol–water partition coefficient (Wildman–Crippen LogP) is 5.52. The number of rotatable bonds is 7. The molecule has 170 valence electrons. The second-order valence-electron chi connectivity index (χ2n) is 8.45. The zero-order chi connectivity index (χ0) is 22.6. The number of hydrogen-bond donors (Lipinski definition) is 0. The second kappa shape index (κ2) is 12.8. The zero-order valence-electron chi connectivity index (χ0n) is 18.5. The maximum absolute atomic E-state index is 12.6. The summed E-state index contributed by atoms with van der Waals surface area (Å²) in [5, 5.41) is 0. The minimum absolute atomic E-state index is 0.131. The van der Waals surface area contributed by atoms with E-state index in [0.717, 1.165) is 44.1 Å². The Morgan fingerprint density at radius 1 is 0.656 bits per heavy atom. The summed E-state index contributed by atoms with van der Waals surface area (Å²) in [5.74, 6) is -1.01. The quantitative estimate of drug-likeness (QED) is 0.422. The van der Waals surface area contributed by atoms with E-state index in [4.69, 9.17) is 9.47 Å². The molecular formula is C27H32O5. The zero-order valence-corrected chi connectivity index (χ0v) is 18.5. The van der Waals surface area contributed by atoms with E-state index in [0.29, 0.717) is 25.0 Å². The van der Waals surface area contributed by atoms with Crippen molar-refractivity contribution in [3.63, 3.8) is 0 Å². The van der Waals surface area contributed by atoms with Gasteiger partial charge in [0.1, 0.15) is 6.61 Å². The fourth-order valence-electron chi connectivity index (χ4n) is 4.14. The predicted molar refractivity (Wildman–Crippen MR) is 122 cm³/mol. The SMILES string of the molecule is O=C(COC(=O)C1CCCCCC(C(=O)OCc2ccccc2)CCC1)c1ccccc1. The number of Topliss-reactive ketones (excluding diaryl/α,β-unsaturated/α-hetero) is 1. The van der Waals surface area contributed by atoms with Gasteiger partial charge >= 0.3 is 11.9 Å². The van der Waals surface area contributed by atoms with Crippen LogP contribution in [0, 0.1) is 11.8 Å². The van der Waals surface area contributed by atoms with Crippen LogP contribution in [0.4, 0.5) is 0 Å². The molecule has 0 heterocycles. The standard InChI is InChI=1S/C27H32O5/c28-25(22-13-6-2-7-14-22)20-32-27(30)24-16-9-3-8-15-23(17-10-18-24)26(29)31-19-21-11-4-1-5-12-21/h1-2,4-7,11-14,23-24H,3,8-10,15-20H2. The van der Waals surface area contributed by atoms with Gasteiger partial charge in [-0.1, -0.05) is 86.3 Å². The number of carbonyl (C=O) groups excluding carboxylic acids is 3. The Kier molecular flexibility index (Phi) is 9.48. The largest absolute Gasteiger partial charge is 0.461 e. The molecule has 3 rings (SSSR count). The average Bonchev–Trinajstić information content (AvgIpc) is 2.84. The number of esters is 2.